The van der Waals surface area contributed by atoms with Crippen molar-refractivity contribution in [1.29, 1.82) is 0 Å². The number of piperazine rings is 1. The Kier molecular flexibility index (Phi) is 5.93. The number of carbonyl (C=O) groups excluding carboxylic acids is 1. The molecule has 1 heterocycles. The first-order chi connectivity index (χ1) is 12.6. The second-order valence-electron chi connectivity index (χ2n) is 6.01. The SMILES string of the molecule is COc1ccc(Br)cc1/C=C/C(=O)N1CCN(c2ccc(F)cc2)CC1. The number of amides is 1. The minimum Gasteiger partial charge on any atom is -0.496 e. The monoisotopic (exact) mass is 418 g/mol. The standard InChI is InChI=1S/C20H20BrFN2O2/c1-26-19-8-3-16(21)14-15(19)2-9-20(25)24-12-10-23(11-13-24)18-6-4-17(22)5-7-18/h2-9,14H,10-13H2,1H3/b9-2+. The van der Waals surface area contributed by atoms with Gasteiger partial charge in [-0.2, -0.15) is 0 Å². The van der Waals surface area contributed by atoms with E-state index >= 15 is 0 Å². The summed E-state index contributed by atoms with van der Waals surface area (Å²) in [4.78, 5) is 16.4. The van der Waals surface area contributed by atoms with Gasteiger partial charge in [-0.05, 0) is 48.5 Å². The molecule has 6 heteroatoms. The molecule has 0 aliphatic carbocycles. The van der Waals surface area contributed by atoms with Crippen molar-refractivity contribution in [1.82, 2.24) is 4.90 Å². The van der Waals surface area contributed by atoms with Crippen LogP contribution in [0.1, 0.15) is 5.56 Å². The first-order valence-electron chi connectivity index (χ1n) is 8.38. The van der Waals surface area contributed by atoms with Crippen molar-refractivity contribution in [3.05, 3.63) is 64.4 Å². The van der Waals surface area contributed by atoms with Gasteiger partial charge in [0.05, 0.1) is 7.11 Å². The van der Waals surface area contributed by atoms with Crippen LogP contribution in [0.15, 0.2) is 53.0 Å². The zero-order valence-electron chi connectivity index (χ0n) is 14.5. The maximum atomic E-state index is 13.0. The summed E-state index contributed by atoms with van der Waals surface area (Å²) >= 11 is 3.43. The molecule has 1 aliphatic heterocycles. The molecule has 3 rings (SSSR count). The van der Waals surface area contributed by atoms with Gasteiger partial charge in [0.15, 0.2) is 0 Å². The summed E-state index contributed by atoms with van der Waals surface area (Å²) in [7, 11) is 1.61. The van der Waals surface area contributed by atoms with Gasteiger partial charge in [0.2, 0.25) is 5.91 Å². The molecule has 0 radical (unpaired) electrons. The largest absolute Gasteiger partial charge is 0.496 e. The zero-order chi connectivity index (χ0) is 18.5. The smallest absolute Gasteiger partial charge is 0.246 e. The number of anilines is 1. The number of methoxy groups -OCH3 is 1. The van der Waals surface area contributed by atoms with E-state index in [4.69, 9.17) is 4.74 Å². The maximum Gasteiger partial charge on any atom is 0.246 e. The van der Waals surface area contributed by atoms with E-state index in [0.29, 0.717) is 13.1 Å². The van der Waals surface area contributed by atoms with Crippen LogP contribution >= 0.6 is 15.9 Å². The average Bonchev–Trinajstić information content (AvgIpc) is 2.67. The molecule has 1 aliphatic rings. The number of ether oxygens (including phenoxy) is 1. The molecule has 0 N–H and O–H groups in total. The van der Waals surface area contributed by atoms with Crippen LogP contribution in [0.25, 0.3) is 6.08 Å². The average molecular weight is 419 g/mol. The Morgan fingerprint density at radius 2 is 1.81 bits per heavy atom. The number of nitrogens with zero attached hydrogens (tertiary/aromatic N) is 2. The number of hydrogen-bond acceptors (Lipinski definition) is 3. The van der Waals surface area contributed by atoms with Gasteiger partial charge in [-0.1, -0.05) is 15.9 Å². The molecule has 2 aromatic rings. The predicted octanol–water partition coefficient (Wildman–Crippen LogP) is 3.96. The summed E-state index contributed by atoms with van der Waals surface area (Å²) in [5.74, 6) is 0.458. The molecule has 136 valence electrons. The number of hydrogen-bond donors (Lipinski definition) is 0. The number of carbonyl (C=O) groups is 1. The van der Waals surface area contributed by atoms with Crippen molar-refractivity contribution in [2.75, 3.05) is 38.2 Å². The summed E-state index contributed by atoms with van der Waals surface area (Å²) in [6.45, 7) is 2.73. The first-order valence-corrected chi connectivity index (χ1v) is 9.17. The van der Waals surface area contributed by atoms with Crippen molar-refractivity contribution >= 4 is 33.6 Å². The third-order valence-corrected chi connectivity index (χ3v) is 4.87. The Morgan fingerprint density at radius 3 is 2.46 bits per heavy atom. The fourth-order valence-electron chi connectivity index (χ4n) is 2.94. The highest BCUT2D eigenvalue weighted by molar-refractivity contribution is 9.10. The molecule has 1 amide bonds. The Bertz CT molecular complexity index is 800. The van der Waals surface area contributed by atoms with Crippen LogP contribution in [-0.2, 0) is 4.79 Å². The molecule has 1 saturated heterocycles. The van der Waals surface area contributed by atoms with Crippen molar-refractivity contribution in [3.63, 3.8) is 0 Å². The van der Waals surface area contributed by atoms with Gasteiger partial charge in [0.25, 0.3) is 0 Å². The summed E-state index contributed by atoms with van der Waals surface area (Å²) in [5.41, 5.74) is 1.83. The van der Waals surface area contributed by atoms with Crippen molar-refractivity contribution in [2.24, 2.45) is 0 Å². The molecule has 0 bridgehead atoms. The molecule has 0 aromatic heterocycles. The summed E-state index contributed by atoms with van der Waals surface area (Å²) in [5, 5.41) is 0. The Balaban J connectivity index is 1.60. The van der Waals surface area contributed by atoms with E-state index in [-0.39, 0.29) is 11.7 Å². The highest BCUT2D eigenvalue weighted by Gasteiger charge is 2.19. The van der Waals surface area contributed by atoms with Crippen LogP contribution in [0.4, 0.5) is 10.1 Å². The topological polar surface area (TPSA) is 32.8 Å². The Labute approximate surface area is 161 Å². The van der Waals surface area contributed by atoms with E-state index in [1.54, 1.807) is 31.4 Å². The molecule has 4 nitrogen and oxygen atoms in total. The highest BCUT2D eigenvalue weighted by Crippen LogP contribution is 2.24. The molecule has 0 atom stereocenters. The minimum absolute atomic E-state index is 0.0224. The van der Waals surface area contributed by atoms with Gasteiger partial charge in [-0.15, -0.1) is 0 Å². The second kappa shape index (κ2) is 8.36. The maximum absolute atomic E-state index is 13.0. The number of halogens is 2. The number of rotatable bonds is 4. The van der Waals surface area contributed by atoms with E-state index in [1.807, 2.05) is 23.1 Å². The van der Waals surface area contributed by atoms with Gasteiger partial charge >= 0.3 is 0 Å². The first kappa shape index (κ1) is 18.5. The molecule has 0 unspecified atom stereocenters. The van der Waals surface area contributed by atoms with E-state index in [9.17, 15) is 9.18 Å². The molecule has 2 aromatic carbocycles. The summed E-state index contributed by atoms with van der Waals surface area (Å²) in [6, 6.07) is 12.1. The van der Waals surface area contributed by atoms with Crippen molar-refractivity contribution < 1.29 is 13.9 Å². The molecular formula is C20H20BrFN2O2. The highest BCUT2D eigenvalue weighted by atomic mass is 79.9. The van der Waals surface area contributed by atoms with Gasteiger partial charge < -0.3 is 14.5 Å². The molecule has 26 heavy (non-hydrogen) atoms. The number of benzene rings is 2. The van der Waals surface area contributed by atoms with Gasteiger partial charge in [-0.25, -0.2) is 4.39 Å². The lowest BCUT2D eigenvalue weighted by Gasteiger charge is -2.35. The normalized spacial score (nSPS) is 14.7. The van der Waals surface area contributed by atoms with Crippen molar-refractivity contribution in [2.45, 2.75) is 0 Å². The molecule has 1 fully saturated rings. The van der Waals surface area contributed by atoms with Gasteiger partial charge in [0.1, 0.15) is 11.6 Å². The van der Waals surface area contributed by atoms with Crippen LogP contribution in [0.3, 0.4) is 0 Å². The molecular weight excluding hydrogens is 399 g/mol. The molecule has 0 spiro atoms. The van der Waals surface area contributed by atoms with Crippen molar-refractivity contribution in [3.8, 4) is 5.75 Å². The second-order valence-corrected chi connectivity index (χ2v) is 6.92. The lowest BCUT2D eigenvalue weighted by atomic mass is 10.2. The third-order valence-electron chi connectivity index (χ3n) is 4.38. The van der Waals surface area contributed by atoms with E-state index in [0.717, 1.165) is 34.6 Å². The fourth-order valence-corrected chi connectivity index (χ4v) is 3.32. The van der Waals surface area contributed by atoms with E-state index < -0.39 is 0 Å². The van der Waals surface area contributed by atoms with Crippen LogP contribution in [0.2, 0.25) is 0 Å². The van der Waals surface area contributed by atoms with E-state index in [1.165, 1.54) is 12.1 Å². The van der Waals surface area contributed by atoms with E-state index in [2.05, 4.69) is 20.8 Å². The molecule has 0 saturated carbocycles. The van der Waals surface area contributed by atoms with Crippen LogP contribution in [-0.4, -0.2) is 44.1 Å². The van der Waals surface area contributed by atoms with Gasteiger partial charge in [0, 0.05) is 48.0 Å². The van der Waals surface area contributed by atoms with Crippen LogP contribution in [0, 0.1) is 5.82 Å². The van der Waals surface area contributed by atoms with Crippen LogP contribution in [0.5, 0.6) is 5.75 Å². The van der Waals surface area contributed by atoms with Crippen LogP contribution < -0.4 is 9.64 Å². The Morgan fingerprint density at radius 1 is 1.12 bits per heavy atom. The summed E-state index contributed by atoms with van der Waals surface area (Å²) in [6.07, 6.45) is 3.36. The predicted molar refractivity (Wildman–Crippen MR) is 105 cm³/mol. The third kappa shape index (κ3) is 4.43. The lowest BCUT2D eigenvalue weighted by molar-refractivity contribution is -0.126. The fraction of sp³-hybridized carbons (Fsp3) is 0.250. The van der Waals surface area contributed by atoms with Gasteiger partial charge in [-0.3, -0.25) is 4.79 Å². The Hall–Kier alpha value is -2.34. The minimum atomic E-state index is -0.240. The summed E-state index contributed by atoms with van der Waals surface area (Å²) < 4.78 is 19.3. The lowest BCUT2D eigenvalue weighted by Crippen LogP contribution is -2.48. The quantitative estimate of drug-likeness (QED) is 0.704. The zero-order valence-corrected chi connectivity index (χ0v) is 16.1.